The molecule has 0 unspecified atom stereocenters. The smallest absolute Gasteiger partial charge is 0.255 e. The zero-order valence-electron chi connectivity index (χ0n) is 15.3. The van der Waals surface area contributed by atoms with E-state index in [4.69, 9.17) is 4.74 Å². The molecule has 1 amide bonds. The minimum atomic E-state index is -3.58. The highest BCUT2D eigenvalue weighted by atomic mass is 32.2. The summed E-state index contributed by atoms with van der Waals surface area (Å²) in [4.78, 5) is 12.8. The van der Waals surface area contributed by atoms with Crippen molar-refractivity contribution in [2.75, 3.05) is 19.4 Å². The monoisotopic (exact) mass is 374 g/mol. The van der Waals surface area contributed by atoms with Gasteiger partial charge in [-0.25, -0.2) is 12.7 Å². The summed E-state index contributed by atoms with van der Waals surface area (Å²) in [7, 11) is -0.619. The molecule has 0 radical (unpaired) electrons. The third-order valence-electron chi connectivity index (χ3n) is 4.65. The van der Waals surface area contributed by atoms with Crippen molar-refractivity contribution >= 4 is 21.6 Å². The minimum absolute atomic E-state index is 0.156. The molecule has 0 aliphatic carbocycles. The normalized spacial score (nSPS) is 13.7. The fraction of sp³-hybridized carbons (Fsp3) is 0.316. The molecule has 0 aromatic heterocycles. The minimum Gasteiger partial charge on any atom is -0.372 e. The van der Waals surface area contributed by atoms with Gasteiger partial charge in [-0.3, -0.25) is 4.79 Å². The predicted molar refractivity (Wildman–Crippen MR) is 99.7 cm³/mol. The zero-order valence-corrected chi connectivity index (χ0v) is 16.1. The van der Waals surface area contributed by atoms with E-state index in [9.17, 15) is 13.2 Å². The maximum Gasteiger partial charge on any atom is 0.255 e. The Morgan fingerprint density at radius 3 is 2.46 bits per heavy atom. The van der Waals surface area contributed by atoms with Crippen LogP contribution in [0.1, 0.15) is 32.6 Å². The van der Waals surface area contributed by atoms with Crippen LogP contribution in [0, 0.1) is 13.8 Å². The topological polar surface area (TPSA) is 75.7 Å². The Hall–Kier alpha value is -2.22. The summed E-state index contributed by atoms with van der Waals surface area (Å²) in [5, 5.41) is 2.85. The van der Waals surface area contributed by atoms with Crippen LogP contribution in [0.2, 0.25) is 0 Å². The Labute approximate surface area is 153 Å². The third-order valence-corrected chi connectivity index (χ3v) is 6.44. The fourth-order valence-electron chi connectivity index (χ4n) is 2.82. The summed E-state index contributed by atoms with van der Waals surface area (Å²) in [6, 6.07) is 8.59. The summed E-state index contributed by atoms with van der Waals surface area (Å²) in [6.07, 6.45) is 0. The number of nitrogens with zero attached hydrogens (tertiary/aromatic N) is 1. The van der Waals surface area contributed by atoms with E-state index in [1.54, 1.807) is 12.1 Å². The maximum atomic E-state index is 12.7. The Balaban J connectivity index is 1.94. The van der Waals surface area contributed by atoms with Crippen molar-refractivity contribution in [3.8, 4) is 0 Å². The van der Waals surface area contributed by atoms with Crippen LogP contribution in [0.3, 0.4) is 0 Å². The number of fused-ring (bicyclic) bond motifs is 1. The second kappa shape index (κ2) is 6.83. The van der Waals surface area contributed by atoms with Gasteiger partial charge in [0.15, 0.2) is 0 Å². The fourth-order valence-corrected chi connectivity index (χ4v) is 3.84. The highest BCUT2D eigenvalue weighted by molar-refractivity contribution is 7.89. The molecule has 0 atom stereocenters. The van der Waals surface area contributed by atoms with Crippen molar-refractivity contribution in [3.63, 3.8) is 0 Å². The molecule has 26 heavy (non-hydrogen) atoms. The number of amides is 1. The summed E-state index contributed by atoms with van der Waals surface area (Å²) >= 11 is 0. The molecule has 1 aliphatic rings. The van der Waals surface area contributed by atoms with Gasteiger partial charge >= 0.3 is 0 Å². The number of ether oxygens (including phenoxy) is 1. The van der Waals surface area contributed by atoms with Crippen LogP contribution in [-0.2, 0) is 28.0 Å². The molecule has 7 heteroatoms. The molecule has 0 saturated heterocycles. The van der Waals surface area contributed by atoms with Crippen LogP contribution in [0.15, 0.2) is 35.2 Å². The maximum absolute atomic E-state index is 12.7. The number of aryl methyl sites for hydroxylation is 1. The SMILES string of the molecule is Cc1cc(S(=O)(=O)N(C)C)cc(NC(=O)c2ccc3c(c2)COC3)c1C. The second-order valence-corrected chi connectivity index (χ2v) is 8.78. The molecule has 1 N–H and O–H groups in total. The molecule has 3 rings (SSSR count). The average Bonchev–Trinajstić information content (AvgIpc) is 3.05. The number of anilines is 1. The molecule has 2 aromatic rings. The lowest BCUT2D eigenvalue weighted by molar-refractivity contribution is 0.102. The van der Waals surface area contributed by atoms with E-state index in [2.05, 4.69) is 5.32 Å². The van der Waals surface area contributed by atoms with Gasteiger partial charge in [0, 0.05) is 25.3 Å². The van der Waals surface area contributed by atoms with E-state index in [0.717, 1.165) is 26.6 Å². The van der Waals surface area contributed by atoms with Crippen LogP contribution >= 0.6 is 0 Å². The number of sulfonamides is 1. The number of benzene rings is 2. The zero-order chi connectivity index (χ0) is 19.1. The molecule has 138 valence electrons. The van der Waals surface area contributed by atoms with E-state index < -0.39 is 10.0 Å². The van der Waals surface area contributed by atoms with Gasteiger partial charge in [0.1, 0.15) is 0 Å². The summed E-state index contributed by atoms with van der Waals surface area (Å²) < 4.78 is 31.4. The number of nitrogens with one attached hydrogen (secondary N) is 1. The van der Waals surface area contributed by atoms with Gasteiger partial charge in [0.25, 0.3) is 5.91 Å². The van der Waals surface area contributed by atoms with Gasteiger partial charge in [-0.1, -0.05) is 6.07 Å². The quantitative estimate of drug-likeness (QED) is 0.893. The molecule has 0 saturated carbocycles. The second-order valence-electron chi connectivity index (χ2n) is 6.63. The van der Waals surface area contributed by atoms with Crippen molar-refractivity contribution in [3.05, 3.63) is 58.1 Å². The van der Waals surface area contributed by atoms with E-state index in [0.29, 0.717) is 24.5 Å². The highest BCUT2D eigenvalue weighted by Crippen LogP contribution is 2.27. The van der Waals surface area contributed by atoms with Crippen molar-refractivity contribution in [1.29, 1.82) is 0 Å². The van der Waals surface area contributed by atoms with E-state index in [-0.39, 0.29) is 10.8 Å². The van der Waals surface area contributed by atoms with Crippen LogP contribution in [0.25, 0.3) is 0 Å². The van der Waals surface area contributed by atoms with E-state index >= 15 is 0 Å². The first-order valence-electron chi connectivity index (χ1n) is 8.25. The van der Waals surface area contributed by atoms with Crippen LogP contribution in [-0.4, -0.2) is 32.7 Å². The molecular weight excluding hydrogens is 352 g/mol. The first-order valence-corrected chi connectivity index (χ1v) is 9.69. The third kappa shape index (κ3) is 3.38. The number of carbonyl (C=O) groups is 1. The standard InChI is InChI=1S/C19H22N2O4S/c1-12-7-17(26(23,24)21(3)4)9-18(13(12)2)20-19(22)14-5-6-15-10-25-11-16(15)8-14/h5-9H,10-11H2,1-4H3,(H,20,22). The first-order chi connectivity index (χ1) is 12.2. The number of hydrogen-bond acceptors (Lipinski definition) is 4. The van der Waals surface area contributed by atoms with Gasteiger partial charge in [-0.05, 0) is 60.4 Å². The van der Waals surface area contributed by atoms with Crippen molar-refractivity contribution < 1.29 is 17.9 Å². The van der Waals surface area contributed by atoms with E-state index in [1.165, 1.54) is 20.2 Å². The summed E-state index contributed by atoms with van der Waals surface area (Å²) in [6.45, 7) is 4.76. The van der Waals surface area contributed by atoms with Crippen molar-refractivity contribution in [1.82, 2.24) is 4.31 Å². The number of carbonyl (C=O) groups excluding carboxylic acids is 1. The lowest BCUT2D eigenvalue weighted by Crippen LogP contribution is -2.23. The first kappa shape index (κ1) is 18.6. The Bertz CT molecular complexity index is 981. The molecule has 0 spiro atoms. The van der Waals surface area contributed by atoms with Gasteiger partial charge in [-0.15, -0.1) is 0 Å². The van der Waals surface area contributed by atoms with E-state index in [1.807, 2.05) is 26.0 Å². The lowest BCUT2D eigenvalue weighted by Gasteiger charge is -2.16. The lowest BCUT2D eigenvalue weighted by atomic mass is 10.0. The van der Waals surface area contributed by atoms with Crippen molar-refractivity contribution in [2.45, 2.75) is 32.0 Å². The Morgan fingerprint density at radius 2 is 1.77 bits per heavy atom. The van der Waals surface area contributed by atoms with Crippen LogP contribution in [0.5, 0.6) is 0 Å². The predicted octanol–water partition coefficient (Wildman–Crippen LogP) is 2.84. The molecular formula is C19H22N2O4S. The summed E-state index contributed by atoms with van der Waals surface area (Å²) in [5.41, 5.74) is 4.74. The largest absolute Gasteiger partial charge is 0.372 e. The van der Waals surface area contributed by atoms with Gasteiger partial charge in [-0.2, -0.15) is 0 Å². The van der Waals surface area contributed by atoms with Crippen molar-refractivity contribution in [2.24, 2.45) is 0 Å². The van der Waals surface area contributed by atoms with Crippen LogP contribution < -0.4 is 5.32 Å². The molecule has 0 fully saturated rings. The van der Waals surface area contributed by atoms with Gasteiger partial charge in [0.05, 0.1) is 18.1 Å². The Morgan fingerprint density at radius 1 is 1.08 bits per heavy atom. The van der Waals surface area contributed by atoms with Gasteiger partial charge in [0.2, 0.25) is 10.0 Å². The molecule has 0 bridgehead atoms. The molecule has 1 aliphatic heterocycles. The number of hydrogen-bond donors (Lipinski definition) is 1. The highest BCUT2D eigenvalue weighted by Gasteiger charge is 2.21. The molecule has 1 heterocycles. The Kier molecular flexibility index (Phi) is 4.88. The molecule has 6 nitrogen and oxygen atoms in total. The van der Waals surface area contributed by atoms with Crippen LogP contribution in [0.4, 0.5) is 5.69 Å². The summed E-state index contributed by atoms with van der Waals surface area (Å²) in [5.74, 6) is -0.276. The average molecular weight is 374 g/mol. The molecule has 2 aromatic carbocycles. The number of rotatable bonds is 4. The van der Waals surface area contributed by atoms with Gasteiger partial charge < -0.3 is 10.1 Å².